The Bertz CT molecular complexity index is 1040. The van der Waals surface area contributed by atoms with Gasteiger partial charge in [-0.2, -0.15) is 0 Å². The summed E-state index contributed by atoms with van der Waals surface area (Å²) in [4.78, 5) is 28.1. The van der Waals surface area contributed by atoms with Crippen LogP contribution in [0.5, 0.6) is 5.75 Å². The Kier molecular flexibility index (Phi) is 9.83. The Balaban J connectivity index is 1.53. The minimum atomic E-state index is -0.423. The van der Waals surface area contributed by atoms with Gasteiger partial charge in [0.15, 0.2) is 0 Å². The molecule has 2 aromatic carbocycles. The Labute approximate surface area is 220 Å². The first kappa shape index (κ1) is 27.0. The SMILES string of the molecule is CCOC(=O)c1ccc(CC(=O)NC(CC2CCCO2)c2ccccc2N2CCCCC2)cc1OCC. The largest absolute Gasteiger partial charge is 0.493 e. The van der Waals surface area contributed by atoms with Crippen LogP contribution in [-0.4, -0.2) is 50.9 Å². The number of hydrogen-bond acceptors (Lipinski definition) is 6. The molecular formula is C30H40N2O5. The second kappa shape index (κ2) is 13.5. The van der Waals surface area contributed by atoms with Gasteiger partial charge in [0.05, 0.1) is 31.8 Å². The molecule has 2 atom stereocenters. The highest BCUT2D eigenvalue weighted by molar-refractivity contribution is 5.93. The first-order valence-electron chi connectivity index (χ1n) is 13.8. The number of rotatable bonds is 11. The fourth-order valence-corrected chi connectivity index (χ4v) is 5.32. The van der Waals surface area contributed by atoms with Crippen LogP contribution < -0.4 is 15.0 Å². The molecule has 2 fully saturated rings. The molecule has 1 N–H and O–H groups in total. The predicted octanol–water partition coefficient (Wildman–Crippen LogP) is 5.22. The third-order valence-electron chi connectivity index (χ3n) is 7.07. The molecule has 2 aromatic rings. The van der Waals surface area contributed by atoms with Crippen molar-refractivity contribution >= 4 is 17.6 Å². The number of carbonyl (C=O) groups is 2. The molecule has 0 aromatic heterocycles. The molecule has 2 aliphatic heterocycles. The molecule has 4 rings (SSSR count). The molecule has 7 heteroatoms. The maximum absolute atomic E-state index is 13.4. The zero-order valence-electron chi connectivity index (χ0n) is 22.2. The Hall–Kier alpha value is -3.06. The number of esters is 1. The van der Waals surface area contributed by atoms with E-state index in [1.165, 1.54) is 24.9 Å². The second-order valence-electron chi connectivity index (χ2n) is 9.76. The highest BCUT2D eigenvalue weighted by atomic mass is 16.5. The molecule has 1 amide bonds. The summed E-state index contributed by atoms with van der Waals surface area (Å²) in [5.41, 5.74) is 3.53. The van der Waals surface area contributed by atoms with Crippen LogP contribution in [0.1, 0.15) is 79.9 Å². The number of benzene rings is 2. The molecule has 200 valence electrons. The molecule has 0 radical (unpaired) electrons. The van der Waals surface area contributed by atoms with Crippen molar-refractivity contribution < 1.29 is 23.8 Å². The van der Waals surface area contributed by atoms with Gasteiger partial charge in [-0.1, -0.05) is 24.3 Å². The summed E-state index contributed by atoms with van der Waals surface area (Å²) in [5.74, 6) is -0.0479. The van der Waals surface area contributed by atoms with Crippen LogP contribution in [-0.2, 0) is 20.7 Å². The van der Waals surface area contributed by atoms with Crippen molar-refractivity contribution in [2.75, 3.05) is 37.8 Å². The van der Waals surface area contributed by atoms with Gasteiger partial charge in [-0.3, -0.25) is 4.79 Å². The van der Waals surface area contributed by atoms with Gasteiger partial charge >= 0.3 is 5.97 Å². The number of nitrogens with zero attached hydrogens (tertiary/aromatic N) is 1. The quantitative estimate of drug-likeness (QED) is 0.419. The monoisotopic (exact) mass is 508 g/mol. The lowest BCUT2D eigenvalue weighted by Crippen LogP contribution is -2.35. The molecule has 2 heterocycles. The van der Waals surface area contributed by atoms with Gasteiger partial charge in [-0.15, -0.1) is 0 Å². The fourth-order valence-electron chi connectivity index (χ4n) is 5.32. The summed E-state index contributed by atoms with van der Waals surface area (Å²) in [7, 11) is 0. The topological polar surface area (TPSA) is 77.1 Å². The molecule has 2 aliphatic rings. The summed E-state index contributed by atoms with van der Waals surface area (Å²) in [6.45, 7) is 7.22. The average molecular weight is 509 g/mol. The van der Waals surface area contributed by atoms with Crippen LogP contribution in [0.25, 0.3) is 0 Å². The van der Waals surface area contributed by atoms with E-state index in [9.17, 15) is 9.59 Å². The minimum Gasteiger partial charge on any atom is -0.493 e. The lowest BCUT2D eigenvalue weighted by Gasteiger charge is -2.33. The lowest BCUT2D eigenvalue weighted by molar-refractivity contribution is -0.121. The summed E-state index contributed by atoms with van der Waals surface area (Å²) >= 11 is 0. The maximum Gasteiger partial charge on any atom is 0.341 e. The van der Waals surface area contributed by atoms with E-state index in [4.69, 9.17) is 14.2 Å². The summed E-state index contributed by atoms with van der Waals surface area (Å²) in [6, 6.07) is 13.6. The van der Waals surface area contributed by atoms with Gasteiger partial charge in [-0.25, -0.2) is 4.79 Å². The van der Waals surface area contributed by atoms with Crippen LogP contribution in [0.3, 0.4) is 0 Å². The standard InChI is InChI=1S/C30H40N2O5/c1-3-35-28-19-22(14-15-25(28)30(34)36-4-2)20-29(33)31-26(21-23-11-10-18-37-23)24-12-6-7-13-27(24)32-16-8-5-9-17-32/h6-7,12-15,19,23,26H,3-5,8-11,16-18,20-21H2,1-2H3,(H,31,33). The van der Waals surface area contributed by atoms with Crippen molar-refractivity contribution in [1.82, 2.24) is 5.32 Å². The molecule has 37 heavy (non-hydrogen) atoms. The van der Waals surface area contributed by atoms with Gasteiger partial charge in [0.2, 0.25) is 5.91 Å². The lowest BCUT2D eigenvalue weighted by atomic mass is 9.95. The highest BCUT2D eigenvalue weighted by Gasteiger charge is 2.27. The molecule has 0 aliphatic carbocycles. The van der Waals surface area contributed by atoms with Gasteiger partial charge in [0.1, 0.15) is 11.3 Å². The summed E-state index contributed by atoms with van der Waals surface area (Å²) < 4.78 is 16.8. The predicted molar refractivity (Wildman–Crippen MR) is 144 cm³/mol. The van der Waals surface area contributed by atoms with Crippen molar-refractivity contribution in [2.45, 2.75) is 70.9 Å². The van der Waals surface area contributed by atoms with Crippen molar-refractivity contribution in [1.29, 1.82) is 0 Å². The number of hydrogen-bond donors (Lipinski definition) is 1. The number of nitrogens with one attached hydrogen (secondary N) is 1. The zero-order chi connectivity index (χ0) is 26.0. The molecular weight excluding hydrogens is 468 g/mol. The van der Waals surface area contributed by atoms with Crippen molar-refractivity contribution in [2.24, 2.45) is 0 Å². The van der Waals surface area contributed by atoms with E-state index in [1.54, 1.807) is 25.1 Å². The normalized spacial score (nSPS) is 18.3. The van der Waals surface area contributed by atoms with E-state index in [0.717, 1.165) is 50.1 Å². The van der Waals surface area contributed by atoms with E-state index in [0.29, 0.717) is 24.5 Å². The van der Waals surface area contributed by atoms with Crippen LogP contribution in [0, 0.1) is 0 Å². The van der Waals surface area contributed by atoms with Gasteiger partial charge in [0, 0.05) is 25.4 Å². The number of piperidine rings is 1. The van der Waals surface area contributed by atoms with E-state index in [2.05, 4.69) is 34.5 Å². The molecule has 2 unspecified atom stereocenters. The van der Waals surface area contributed by atoms with Crippen LogP contribution in [0.4, 0.5) is 5.69 Å². The molecule has 0 bridgehead atoms. The van der Waals surface area contributed by atoms with Crippen LogP contribution in [0.15, 0.2) is 42.5 Å². The number of para-hydroxylation sites is 1. The minimum absolute atomic E-state index is 0.0669. The highest BCUT2D eigenvalue weighted by Crippen LogP contribution is 2.33. The van der Waals surface area contributed by atoms with E-state index < -0.39 is 5.97 Å². The summed E-state index contributed by atoms with van der Waals surface area (Å²) in [6.07, 6.45) is 6.83. The molecule has 2 saturated heterocycles. The third kappa shape index (κ3) is 7.25. The average Bonchev–Trinajstić information content (AvgIpc) is 3.42. The Morgan fingerprint density at radius 2 is 1.86 bits per heavy atom. The third-order valence-corrected chi connectivity index (χ3v) is 7.07. The van der Waals surface area contributed by atoms with Crippen LogP contribution >= 0.6 is 0 Å². The van der Waals surface area contributed by atoms with E-state index in [-0.39, 0.29) is 24.5 Å². The molecule has 0 spiro atoms. The summed E-state index contributed by atoms with van der Waals surface area (Å²) in [5, 5.41) is 3.32. The van der Waals surface area contributed by atoms with Gasteiger partial charge in [0.25, 0.3) is 0 Å². The molecule has 7 nitrogen and oxygen atoms in total. The van der Waals surface area contributed by atoms with Crippen LogP contribution in [0.2, 0.25) is 0 Å². The van der Waals surface area contributed by atoms with Gasteiger partial charge in [-0.05, 0) is 81.7 Å². The number of carbonyl (C=O) groups excluding carboxylic acids is 2. The first-order chi connectivity index (χ1) is 18.1. The van der Waals surface area contributed by atoms with Gasteiger partial charge < -0.3 is 24.4 Å². The number of anilines is 1. The van der Waals surface area contributed by atoms with E-state index >= 15 is 0 Å². The number of ether oxygens (including phenoxy) is 3. The van der Waals surface area contributed by atoms with Crippen molar-refractivity contribution in [3.8, 4) is 5.75 Å². The van der Waals surface area contributed by atoms with Crippen molar-refractivity contribution in [3.05, 3.63) is 59.2 Å². The second-order valence-corrected chi connectivity index (χ2v) is 9.76. The van der Waals surface area contributed by atoms with E-state index in [1.807, 2.05) is 6.92 Å². The smallest absolute Gasteiger partial charge is 0.341 e. The van der Waals surface area contributed by atoms with Crippen molar-refractivity contribution in [3.63, 3.8) is 0 Å². The number of amides is 1. The maximum atomic E-state index is 13.4. The fraction of sp³-hybridized carbons (Fsp3) is 0.533. The zero-order valence-corrected chi connectivity index (χ0v) is 22.2. The Morgan fingerprint density at radius 1 is 1.05 bits per heavy atom. The molecule has 0 saturated carbocycles. The Morgan fingerprint density at radius 3 is 2.59 bits per heavy atom. The first-order valence-corrected chi connectivity index (χ1v) is 13.8.